The van der Waals surface area contributed by atoms with Crippen molar-refractivity contribution in [2.45, 2.75) is 91.3 Å². The van der Waals surface area contributed by atoms with Gasteiger partial charge in [-0.15, -0.1) is 0 Å². The van der Waals surface area contributed by atoms with E-state index in [1.54, 1.807) is 0 Å². The lowest BCUT2D eigenvalue weighted by Crippen LogP contribution is -2.41. The lowest BCUT2D eigenvalue weighted by molar-refractivity contribution is 0.00578. The summed E-state index contributed by atoms with van der Waals surface area (Å²) < 4.78 is 18.6. The minimum Gasteiger partial charge on any atom is -0.399 e. The van der Waals surface area contributed by atoms with Crippen molar-refractivity contribution in [1.29, 1.82) is 0 Å². The molecule has 0 unspecified atom stereocenters. The van der Waals surface area contributed by atoms with E-state index in [2.05, 4.69) is 186 Å². The van der Waals surface area contributed by atoms with Crippen LogP contribution < -0.4 is 5.46 Å². The van der Waals surface area contributed by atoms with Crippen molar-refractivity contribution in [2.75, 3.05) is 0 Å². The number of hydrogen-bond acceptors (Lipinski definition) is 2. The number of fused-ring (bicyclic) bond motifs is 12. The minimum absolute atomic E-state index is 0.0106. The number of benzene rings is 6. The van der Waals surface area contributed by atoms with E-state index in [1.165, 1.54) is 76.4 Å². The van der Waals surface area contributed by atoms with Crippen LogP contribution in [0.2, 0.25) is 0 Å². The number of aromatic nitrogens is 3. The lowest BCUT2D eigenvalue weighted by atomic mass is 9.77. The quantitative estimate of drug-likeness (QED) is 0.180. The van der Waals surface area contributed by atoms with E-state index in [0.29, 0.717) is 0 Å². The molecule has 4 aromatic heterocycles. The molecule has 10 aromatic rings. The van der Waals surface area contributed by atoms with E-state index in [-0.39, 0.29) is 10.8 Å². The summed E-state index contributed by atoms with van der Waals surface area (Å²) in [5.74, 6) is 0. The Morgan fingerprint density at radius 3 is 1.70 bits per heavy atom. The van der Waals surface area contributed by atoms with Gasteiger partial charge >= 0.3 is 7.12 Å². The molecule has 5 nitrogen and oxygen atoms in total. The maximum Gasteiger partial charge on any atom is 0.497 e. The first-order valence-corrected chi connectivity index (χ1v) is 20.1. The van der Waals surface area contributed by atoms with Crippen molar-refractivity contribution in [3.8, 4) is 5.69 Å². The van der Waals surface area contributed by atoms with E-state index >= 15 is 0 Å². The molecule has 5 heterocycles. The van der Waals surface area contributed by atoms with Crippen LogP contribution in [0.5, 0.6) is 0 Å². The SMILES string of the molecule is CC(C)(C)c1ccc2c(c1)c1cc(C(C)(C)C)cc3c4cc5c(cc4n2c13)[nH]c1c(B2OC(C)(C)C(C)(C)O2)cc(-n2c3ccccc3c3ccccc32)cc15. The predicted octanol–water partition coefficient (Wildman–Crippen LogP) is 12.5. The Morgan fingerprint density at radius 2 is 1.09 bits per heavy atom. The predicted molar refractivity (Wildman–Crippen MR) is 238 cm³/mol. The van der Waals surface area contributed by atoms with Crippen LogP contribution in [0.1, 0.15) is 80.4 Å². The van der Waals surface area contributed by atoms with Gasteiger partial charge in [0.2, 0.25) is 0 Å². The van der Waals surface area contributed by atoms with E-state index in [1.807, 2.05) is 0 Å². The zero-order valence-corrected chi connectivity index (χ0v) is 34.1. The van der Waals surface area contributed by atoms with Crippen LogP contribution in [-0.2, 0) is 20.1 Å². The highest BCUT2D eigenvalue weighted by Crippen LogP contribution is 2.45. The highest BCUT2D eigenvalue weighted by Gasteiger charge is 2.52. The average molecular weight is 734 g/mol. The van der Waals surface area contributed by atoms with Crippen LogP contribution >= 0.6 is 0 Å². The summed E-state index contributed by atoms with van der Waals surface area (Å²) in [7, 11) is -0.546. The summed E-state index contributed by atoms with van der Waals surface area (Å²) in [6.07, 6.45) is 0. The van der Waals surface area contributed by atoms with Crippen LogP contribution in [-0.4, -0.2) is 32.3 Å². The third-order valence-corrected chi connectivity index (χ3v) is 13.3. The van der Waals surface area contributed by atoms with E-state index in [4.69, 9.17) is 9.31 Å². The molecule has 278 valence electrons. The van der Waals surface area contributed by atoms with E-state index in [0.717, 1.165) is 27.6 Å². The topological polar surface area (TPSA) is 43.6 Å². The van der Waals surface area contributed by atoms with Gasteiger partial charge in [0, 0.05) is 65.3 Å². The monoisotopic (exact) mass is 733 g/mol. The van der Waals surface area contributed by atoms with Gasteiger partial charge in [0.05, 0.1) is 38.8 Å². The molecule has 56 heavy (non-hydrogen) atoms. The summed E-state index contributed by atoms with van der Waals surface area (Å²) in [6, 6.07) is 38.9. The van der Waals surface area contributed by atoms with Gasteiger partial charge in [0.15, 0.2) is 0 Å². The van der Waals surface area contributed by atoms with Crippen molar-refractivity contribution in [3.63, 3.8) is 0 Å². The van der Waals surface area contributed by atoms with Crippen molar-refractivity contribution in [1.82, 2.24) is 14.0 Å². The molecule has 11 rings (SSSR count). The van der Waals surface area contributed by atoms with Gasteiger partial charge in [-0.2, -0.15) is 0 Å². The Hall–Kier alpha value is -5.30. The molecule has 0 atom stereocenters. The first-order chi connectivity index (χ1) is 26.5. The highest BCUT2D eigenvalue weighted by molar-refractivity contribution is 6.65. The maximum atomic E-state index is 6.83. The second kappa shape index (κ2) is 10.8. The fourth-order valence-electron chi connectivity index (χ4n) is 9.44. The molecule has 1 fully saturated rings. The second-order valence-corrected chi connectivity index (χ2v) is 19.4. The van der Waals surface area contributed by atoms with Gasteiger partial charge in [0.1, 0.15) is 0 Å². The molecule has 6 heteroatoms. The van der Waals surface area contributed by atoms with Gasteiger partial charge in [-0.25, -0.2) is 0 Å². The molecule has 0 amide bonds. The molecule has 6 aromatic carbocycles. The van der Waals surface area contributed by atoms with E-state index in [9.17, 15) is 0 Å². The fourth-order valence-corrected chi connectivity index (χ4v) is 9.44. The fraction of sp³-hybridized carbons (Fsp3) is 0.280. The summed E-state index contributed by atoms with van der Waals surface area (Å²) in [4.78, 5) is 3.94. The maximum absolute atomic E-state index is 6.83. The van der Waals surface area contributed by atoms with Crippen LogP contribution in [0.3, 0.4) is 0 Å². The third-order valence-electron chi connectivity index (χ3n) is 13.3. The van der Waals surface area contributed by atoms with Gasteiger partial charge in [-0.05, 0) is 110 Å². The second-order valence-electron chi connectivity index (χ2n) is 19.4. The number of hydrogen-bond donors (Lipinski definition) is 1. The number of nitrogens with one attached hydrogen (secondary N) is 1. The zero-order valence-electron chi connectivity index (χ0n) is 34.1. The molecule has 1 aliphatic rings. The number of para-hydroxylation sites is 2. The Morgan fingerprint density at radius 1 is 0.518 bits per heavy atom. The molecule has 0 aliphatic carbocycles. The first-order valence-electron chi connectivity index (χ1n) is 20.1. The molecule has 0 bridgehead atoms. The minimum atomic E-state index is -0.546. The first kappa shape index (κ1) is 34.0. The normalized spacial score (nSPS) is 16.5. The summed E-state index contributed by atoms with van der Waals surface area (Å²) >= 11 is 0. The third kappa shape index (κ3) is 4.51. The van der Waals surface area contributed by atoms with Gasteiger partial charge < -0.3 is 23.3 Å². The zero-order chi connectivity index (χ0) is 38.8. The van der Waals surface area contributed by atoms with Crippen molar-refractivity contribution in [3.05, 3.63) is 114 Å². The summed E-state index contributed by atoms with van der Waals surface area (Å²) in [5, 5.41) is 10.1. The molecule has 0 saturated carbocycles. The molecule has 1 saturated heterocycles. The largest absolute Gasteiger partial charge is 0.497 e. The van der Waals surface area contributed by atoms with Crippen LogP contribution in [0.15, 0.2) is 103 Å². The summed E-state index contributed by atoms with van der Waals surface area (Å²) in [5.41, 5.74) is 12.1. The van der Waals surface area contributed by atoms with Crippen molar-refractivity contribution in [2.24, 2.45) is 0 Å². The van der Waals surface area contributed by atoms with Crippen LogP contribution in [0.4, 0.5) is 0 Å². The van der Waals surface area contributed by atoms with E-state index < -0.39 is 18.3 Å². The molecule has 0 spiro atoms. The standard InChI is InChI=1S/C50H48BN3O2/c1-47(2,3)28-19-20-43-34(21-28)37-22-29(48(4,5)6)23-38-35-26-33-36-24-30(53-41-17-13-11-15-31(41)32-16-12-14-18-42(32)53)25-39(51-55-49(7,8)50(9,10)56-51)45(36)52-40(33)27-44(35)54(43)46(37)38/h11-27,52H,1-10H3. The number of nitrogens with zero attached hydrogens (tertiary/aromatic N) is 2. The van der Waals surface area contributed by atoms with Crippen molar-refractivity contribution < 1.29 is 9.31 Å². The number of rotatable bonds is 2. The van der Waals surface area contributed by atoms with Crippen LogP contribution in [0, 0.1) is 0 Å². The smallest absolute Gasteiger partial charge is 0.399 e. The Balaban J connectivity index is 1.26. The molecule has 1 aliphatic heterocycles. The number of H-pyrrole nitrogens is 1. The Labute approximate surface area is 327 Å². The van der Waals surface area contributed by atoms with Crippen molar-refractivity contribution >= 4 is 94.3 Å². The molecule has 0 radical (unpaired) electrons. The molecule has 1 N–H and O–H groups in total. The Bertz CT molecular complexity index is 3220. The highest BCUT2D eigenvalue weighted by atomic mass is 16.7. The Kier molecular flexibility index (Phi) is 6.53. The lowest BCUT2D eigenvalue weighted by Gasteiger charge is -2.32. The average Bonchev–Trinajstić information content (AvgIpc) is 3.91. The molecular weight excluding hydrogens is 685 g/mol. The van der Waals surface area contributed by atoms with Gasteiger partial charge in [-0.3, -0.25) is 0 Å². The number of aromatic amines is 1. The van der Waals surface area contributed by atoms with Gasteiger partial charge in [-0.1, -0.05) is 84.0 Å². The van der Waals surface area contributed by atoms with Gasteiger partial charge in [0.25, 0.3) is 0 Å². The van der Waals surface area contributed by atoms with Crippen LogP contribution in [0.25, 0.3) is 87.4 Å². The summed E-state index contributed by atoms with van der Waals surface area (Å²) in [6.45, 7) is 22.4. The molecular formula is C50H48BN3O2.